The van der Waals surface area contributed by atoms with Crippen molar-refractivity contribution in [2.45, 2.75) is 18.6 Å². The van der Waals surface area contributed by atoms with Gasteiger partial charge in [0.2, 0.25) is 0 Å². The summed E-state index contributed by atoms with van der Waals surface area (Å²) in [5.41, 5.74) is 2.25. The molecule has 0 bridgehead atoms. The minimum absolute atomic E-state index is 0. The minimum atomic E-state index is -0.398. The zero-order valence-corrected chi connectivity index (χ0v) is 20.1. The number of hydrogen-bond donors (Lipinski definition) is 1. The monoisotopic (exact) mass is 553 g/mol. The van der Waals surface area contributed by atoms with E-state index in [0.717, 1.165) is 16.4 Å². The number of hydrogen-bond acceptors (Lipinski definition) is 5. The van der Waals surface area contributed by atoms with Crippen molar-refractivity contribution < 1.29 is 19.0 Å². The van der Waals surface area contributed by atoms with Crippen LogP contribution in [0.15, 0.2) is 48.5 Å². The second-order valence-electron chi connectivity index (χ2n) is 6.25. The highest BCUT2D eigenvalue weighted by molar-refractivity contribution is 14.1. The maximum Gasteiger partial charge on any atom is 0.343 e. The molecule has 0 spiro atoms. The molecule has 0 amide bonds. The molecule has 2 atom stereocenters. The third kappa shape index (κ3) is 9.09. The zero-order valence-electron chi connectivity index (χ0n) is 16.4. The lowest BCUT2D eigenvalue weighted by atomic mass is 10.1. The predicted octanol–water partition coefficient (Wildman–Crippen LogP) is 4.64. The maximum absolute atomic E-state index is 11.1. The van der Waals surface area contributed by atoms with Crippen molar-refractivity contribution in [3.63, 3.8) is 0 Å². The van der Waals surface area contributed by atoms with Crippen LogP contribution >= 0.6 is 46.6 Å². The van der Waals surface area contributed by atoms with Gasteiger partial charge in [-0.05, 0) is 41.8 Å². The molecule has 2 aromatic carbocycles. The van der Waals surface area contributed by atoms with E-state index in [1.807, 2.05) is 48.5 Å². The molecule has 8 heteroatoms. The number of carbonyl (C=O) groups is 1. The van der Waals surface area contributed by atoms with E-state index in [1.54, 1.807) is 7.11 Å². The van der Waals surface area contributed by atoms with Gasteiger partial charge in [-0.15, -0.1) is 12.4 Å². The second kappa shape index (κ2) is 14.0. The molecule has 0 aromatic heterocycles. The second-order valence-corrected chi connectivity index (χ2v) is 7.57. The standard InChI is InChI=1S/C21H25ClINO4.ClH/c1-26-20(16-4-3-5-17(22)11-16)13-24-18(12-23)10-15-6-8-19(9-7-15)28-14-21(25)27-2;/h3-9,11,18,20,24H,10,12-14H2,1-2H3;1H. The Morgan fingerprint density at radius 2 is 1.90 bits per heavy atom. The minimum Gasteiger partial charge on any atom is -0.482 e. The first-order valence-corrected chi connectivity index (χ1v) is 10.8. The van der Waals surface area contributed by atoms with Crippen LogP contribution in [0.1, 0.15) is 17.2 Å². The first-order chi connectivity index (χ1) is 13.5. The molecule has 0 heterocycles. The summed E-state index contributed by atoms with van der Waals surface area (Å²) < 4.78 is 16.5. The summed E-state index contributed by atoms with van der Waals surface area (Å²) in [6, 6.07) is 15.8. The van der Waals surface area contributed by atoms with Crippen LogP contribution < -0.4 is 10.1 Å². The van der Waals surface area contributed by atoms with Crippen molar-refractivity contribution in [3.8, 4) is 5.75 Å². The summed E-state index contributed by atoms with van der Waals surface area (Å²) in [6.45, 7) is 0.612. The van der Waals surface area contributed by atoms with Crippen LogP contribution in [0.5, 0.6) is 5.75 Å². The molecule has 2 unspecified atom stereocenters. The van der Waals surface area contributed by atoms with Crippen LogP contribution in [-0.4, -0.2) is 43.8 Å². The van der Waals surface area contributed by atoms with Gasteiger partial charge in [0.25, 0.3) is 0 Å². The van der Waals surface area contributed by atoms with E-state index in [2.05, 4.69) is 32.6 Å². The molecule has 0 saturated heterocycles. The third-order valence-corrected chi connectivity index (χ3v) is 5.57. The molecule has 2 aromatic rings. The normalized spacial score (nSPS) is 12.6. The number of nitrogens with one attached hydrogen (secondary N) is 1. The predicted molar refractivity (Wildman–Crippen MR) is 127 cm³/mol. The van der Waals surface area contributed by atoms with E-state index in [0.29, 0.717) is 23.4 Å². The van der Waals surface area contributed by atoms with E-state index in [4.69, 9.17) is 21.1 Å². The van der Waals surface area contributed by atoms with Crippen molar-refractivity contribution in [3.05, 3.63) is 64.7 Å². The lowest BCUT2D eigenvalue weighted by Crippen LogP contribution is -2.36. The molecule has 1 N–H and O–H groups in total. The van der Waals surface area contributed by atoms with Crippen molar-refractivity contribution in [1.82, 2.24) is 5.32 Å². The van der Waals surface area contributed by atoms with Gasteiger partial charge < -0.3 is 19.5 Å². The van der Waals surface area contributed by atoms with E-state index >= 15 is 0 Å². The summed E-state index contributed by atoms with van der Waals surface area (Å²) in [5, 5.41) is 4.29. The molecular formula is C21H26Cl2INO4. The summed E-state index contributed by atoms with van der Waals surface area (Å²) in [4.78, 5) is 11.1. The highest BCUT2D eigenvalue weighted by Crippen LogP contribution is 2.20. The highest BCUT2D eigenvalue weighted by Gasteiger charge is 2.14. The van der Waals surface area contributed by atoms with E-state index < -0.39 is 5.97 Å². The number of alkyl halides is 1. The molecule has 0 aliphatic carbocycles. The third-order valence-electron chi connectivity index (χ3n) is 4.27. The van der Waals surface area contributed by atoms with Gasteiger partial charge in [0, 0.05) is 29.1 Å². The average molecular weight is 554 g/mol. The summed E-state index contributed by atoms with van der Waals surface area (Å²) in [7, 11) is 3.05. The number of benzene rings is 2. The fourth-order valence-electron chi connectivity index (χ4n) is 2.71. The Bertz CT molecular complexity index is 746. The summed E-state index contributed by atoms with van der Waals surface area (Å²) in [5.74, 6) is 0.249. The van der Waals surface area contributed by atoms with E-state index in [-0.39, 0.29) is 25.1 Å². The smallest absolute Gasteiger partial charge is 0.343 e. The number of methoxy groups -OCH3 is 2. The Morgan fingerprint density at radius 1 is 1.17 bits per heavy atom. The lowest BCUT2D eigenvalue weighted by molar-refractivity contribution is -0.142. The highest BCUT2D eigenvalue weighted by atomic mass is 127. The van der Waals surface area contributed by atoms with Gasteiger partial charge in [0.15, 0.2) is 6.61 Å². The van der Waals surface area contributed by atoms with Crippen LogP contribution in [0.4, 0.5) is 0 Å². The Kier molecular flexibility index (Phi) is 12.6. The van der Waals surface area contributed by atoms with Crippen LogP contribution in [-0.2, 0) is 20.7 Å². The molecule has 160 valence electrons. The van der Waals surface area contributed by atoms with Crippen molar-refractivity contribution in [2.24, 2.45) is 0 Å². The topological polar surface area (TPSA) is 56.8 Å². The number of ether oxygens (including phenoxy) is 3. The Labute approximate surface area is 197 Å². The van der Waals surface area contributed by atoms with Crippen LogP contribution in [0.2, 0.25) is 5.02 Å². The summed E-state index contributed by atoms with van der Waals surface area (Å²) in [6.07, 6.45) is 0.824. The maximum atomic E-state index is 11.1. The molecule has 2 rings (SSSR count). The van der Waals surface area contributed by atoms with Crippen LogP contribution in [0.3, 0.4) is 0 Å². The average Bonchev–Trinajstić information content (AvgIpc) is 2.72. The molecule has 0 aliphatic rings. The van der Waals surface area contributed by atoms with E-state index in [9.17, 15) is 4.79 Å². The van der Waals surface area contributed by atoms with Gasteiger partial charge in [-0.2, -0.15) is 0 Å². The molecule has 0 fully saturated rings. The molecule has 0 aliphatic heterocycles. The van der Waals surface area contributed by atoms with Gasteiger partial charge in [0.05, 0.1) is 13.2 Å². The van der Waals surface area contributed by atoms with E-state index in [1.165, 1.54) is 12.7 Å². The Hall–Kier alpha value is -1.06. The van der Waals surface area contributed by atoms with Crippen LogP contribution in [0.25, 0.3) is 0 Å². The first kappa shape index (κ1) is 26.0. The van der Waals surface area contributed by atoms with Gasteiger partial charge in [-0.1, -0.05) is 58.5 Å². The lowest BCUT2D eigenvalue weighted by Gasteiger charge is -2.22. The Balaban J connectivity index is 0.00000420. The largest absolute Gasteiger partial charge is 0.482 e. The number of esters is 1. The van der Waals surface area contributed by atoms with Gasteiger partial charge in [-0.25, -0.2) is 4.79 Å². The molecule has 29 heavy (non-hydrogen) atoms. The quantitative estimate of drug-likeness (QED) is 0.250. The number of carbonyl (C=O) groups excluding carboxylic acids is 1. The van der Waals surface area contributed by atoms with Crippen molar-refractivity contribution in [2.75, 3.05) is 31.8 Å². The van der Waals surface area contributed by atoms with Crippen molar-refractivity contribution in [1.29, 1.82) is 0 Å². The Morgan fingerprint density at radius 3 is 2.48 bits per heavy atom. The van der Waals surface area contributed by atoms with Gasteiger partial charge in [0.1, 0.15) is 5.75 Å². The van der Waals surface area contributed by atoms with Gasteiger partial charge >= 0.3 is 5.97 Å². The fraction of sp³-hybridized carbons (Fsp3) is 0.381. The number of rotatable bonds is 11. The SMILES string of the molecule is COC(=O)COc1ccc(CC(CI)NCC(OC)c2cccc(Cl)c2)cc1.Cl. The van der Waals surface area contributed by atoms with Crippen molar-refractivity contribution >= 4 is 52.6 Å². The van der Waals surface area contributed by atoms with Gasteiger partial charge in [-0.3, -0.25) is 0 Å². The molecule has 0 radical (unpaired) electrons. The molecule has 5 nitrogen and oxygen atoms in total. The zero-order chi connectivity index (χ0) is 20.4. The molecular weight excluding hydrogens is 528 g/mol. The fourth-order valence-corrected chi connectivity index (χ4v) is 3.53. The first-order valence-electron chi connectivity index (χ1n) is 8.91. The van der Waals surface area contributed by atoms with Crippen LogP contribution in [0, 0.1) is 0 Å². The summed E-state index contributed by atoms with van der Waals surface area (Å²) >= 11 is 8.48. The molecule has 0 saturated carbocycles. The number of halogens is 3.